The lowest BCUT2D eigenvalue weighted by Gasteiger charge is -2.27. The second kappa shape index (κ2) is 12.0. The summed E-state index contributed by atoms with van der Waals surface area (Å²) in [5, 5.41) is 24.1. The molecule has 4 N–H and O–H groups in total. The highest BCUT2D eigenvalue weighted by Crippen LogP contribution is 2.35. The number of amides is 1. The van der Waals surface area contributed by atoms with Crippen LogP contribution in [0.15, 0.2) is 52.6 Å². The second-order valence-corrected chi connectivity index (χ2v) is 12.5. The molecule has 3 aliphatic heterocycles. The Hall–Kier alpha value is -3.86. The van der Waals surface area contributed by atoms with Crippen molar-refractivity contribution in [3.63, 3.8) is 0 Å². The van der Waals surface area contributed by atoms with Crippen LogP contribution < -0.4 is 5.32 Å². The predicted molar refractivity (Wildman–Crippen MR) is 166 cm³/mol. The van der Waals surface area contributed by atoms with Crippen molar-refractivity contribution < 1.29 is 19.7 Å². The largest absolute Gasteiger partial charge is 0.444 e. The standard InChI is InChI=1S/C33H40N6O4/c1-33(2,3)43-32(42)39-13-5-7-29(39)31-36-17-28(38-31)21-9-11-25(23(15-21)19-41)24-10-8-20(14-22(24)18-40)27-16-35-30(37-27)26-6-4-12-34-26/h8-11,14-15,17,26,29,34,40-41H,4-7,12-13,16,18-19H2,1-3H3,(H,36,38)/t26-,29-/m0/s1. The maximum Gasteiger partial charge on any atom is 0.410 e. The second-order valence-electron chi connectivity index (χ2n) is 12.5. The van der Waals surface area contributed by atoms with E-state index in [2.05, 4.69) is 20.3 Å². The lowest BCUT2D eigenvalue weighted by Crippen LogP contribution is -2.36. The Morgan fingerprint density at radius 3 is 2.42 bits per heavy atom. The van der Waals surface area contributed by atoms with E-state index in [1.54, 1.807) is 11.1 Å². The van der Waals surface area contributed by atoms with Gasteiger partial charge in [-0.25, -0.2) is 14.8 Å². The first kappa shape index (κ1) is 29.2. The summed E-state index contributed by atoms with van der Waals surface area (Å²) in [5.74, 6) is 1.59. The van der Waals surface area contributed by atoms with Crippen molar-refractivity contribution in [2.24, 2.45) is 9.98 Å². The molecule has 0 aliphatic carbocycles. The third-order valence-electron chi connectivity index (χ3n) is 8.29. The number of likely N-dealkylation sites (tertiary alicyclic amines) is 1. The van der Waals surface area contributed by atoms with Gasteiger partial charge < -0.3 is 25.3 Å². The molecule has 43 heavy (non-hydrogen) atoms. The molecule has 0 radical (unpaired) electrons. The number of carbonyl (C=O) groups is 1. The lowest BCUT2D eigenvalue weighted by molar-refractivity contribution is 0.0218. The fourth-order valence-electron chi connectivity index (χ4n) is 6.18. The predicted octanol–water partition coefficient (Wildman–Crippen LogP) is 4.75. The van der Waals surface area contributed by atoms with Crippen molar-refractivity contribution in [1.29, 1.82) is 0 Å². The summed E-state index contributed by atoms with van der Waals surface area (Å²) in [6, 6.07) is 11.9. The van der Waals surface area contributed by atoms with Gasteiger partial charge in [0.05, 0.1) is 49.4 Å². The maximum absolute atomic E-state index is 12.8. The molecule has 226 valence electrons. The number of aliphatic imine (C=N–C) groups is 2. The number of hydrogen-bond donors (Lipinski definition) is 4. The summed E-state index contributed by atoms with van der Waals surface area (Å²) in [5.41, 5.74) is 6.20. The monoisotopic (exact) mass is 584 g/mol. The fraction of sp³-hybridized carbons (Fsp3) is 0.455. The van der Waals surface area contributed by atoms with Crippen LogP contribution in [0.5, 0.6) is 0 Å². The zero-order valence-electron chi connectivity index (χ0n) is 25.1. The van der Waals surface area contributed by atoms with Crippen LogP contribution in [0, 0.1) is 0 Å². The van der Waals surface area contributed by atoms with Crippen LogP contribution in [0.2, 0.25) is 0 Å². The van der Waals surface area contributed by atoms with Crippen molar-refractivity contribution in [1.82, 2.24) is 20.2 Å². The molecule has 2 fully saturated rings. The van der Waals surface area contributed by atoms with Gasteiger partial charge in [-0.1, -0.05) is 24.3 Å². The van der Waals surface area contributed by atoms with Gasteiger partial charge >= 0.3 is 6.09 Å². The number of ether oxygens (including phenoxy) is 1. The number of rotatable bonds is 7. The number of aliphatic hydroxyl groups excluding tert-OH is 2. The van der Waals surface area contributed by atoms with Gasteiger partial charge in [-0.2, -0.15) is 0 Å². The minimum Gasteiger partial charge on any atom is -0.444 e. The number of H-pyrrole nitrogens is 1. The van der Waals surface area contributed by atoms with Gasteiger partial charge in [0, 0.05) is 6.54 Å². The molecule has 3 aliphatic rings. The van der Waals surface area contributed by atoms with Crippen LogP contribution in [0.25, 0.3) is 22.4 Å². The smallest absolute Gasteiger partial charge is 0.410 e. The van der Waals surface area contributed by atoms with Crippen LogP contribution in [-0.4, -0.2) is 74.0 Å². The number of nitrogens with zero attached hydrogens (tertiary/aromatic N) is 4. The number of nitrogens with one attached hydrogen (secondary N) is 2. The Bertz CT molecular complexity index is 1560. The molecule has 10 heteroatoms. The van der Waals surface area contributed by atoms with Gasteiger partial charge in [-0.05, 0) is 98.5 Å². The van der Waals surface area contributed by atoms with E-state index in [9.17, 15) is 15.0 Å². The van der Waals surface area contributed by atoms with E-state index >= 15 is 0 Å². The van der Waals surface area contributed by atoms with E-state index < -0.39 is 5.60 Å². The molecular weight excluding hydrogens is 544 g/mol. The number of aromatic nitrogens is 2. The summed E-state index contributed by atoms with van der Waals surface area (Å²) >= 11 is 0. The third kappa shape index (κ3) is 6.13. The quantitative estimate of drug-likeness (QED) is 0.317. The Labute approximate surface area is 251 Å². The molecule has 1 amide bonds. The molecule has 6 rings (SSSR count). The van der Waals surface area contributed by atoms with Crippen LogP contribution >= 0.6 is 0 Å². The highest BCUT2D eigenvalue weighted by atomic mass is 16.6. The first-order valence-electron chi connectivity index (χ1n) is 15.1. The number of aliphatic hydroxyl groups is 2. The number of aromatic amines is 1. The summed E-state index contributed by atoms with van der Waals surface area (Å²) in [6.45, 7) is 7.46. The Morgan fingerprint density at radius 2 is 1.74 bits per heavy atom. The minimum absolute atomic E-state index is 0.138. The molecule has 2 aromatic carbocycles. The molecule has 0 saturated carbocycles. The molecule has 0 bridgehead atoms. The highest BCUT2D eigenvalue weighted by Gasteiger charge is 2.35. The Kier molecular flexibility index (Phi) is 8.17. The van der Waals surface area contributed by atoms with E-state index in [1.165, 1.54) is 0 Å². The van der Waals surface area contributed by atoms with Crippen LogP contribution in [0.4, 0.5) is 4.79 Å². The van der Waals surface area contributed by atoms with Crippen molar-refractivity contribution in [3.05, 3.63) is 65.1 Å². The lowest BCUT2D eigenvalue weighted by atomic mass is 9.92. The zero-order valence-corrected chi connectivity index (χ0v) is 25.1. The first-order chi connectivity index (χ1) is 20.7. The summed E-state index contributed by atoms with van der Waals surface area (Å²) in [7, 11) is 0. The molecule has 0 spiro atoms. The number of amidine groups is 1. The third-order valence-corrected chi connectivity index (χ3v) is 8.29. The SMILES string of the molecule is CC(C)(C)OC(=O)N1CCC[C@H]1c1ncc(-c2ccc(-c3ccc(C4=NC([C@@H]5CCCN5)=NC4)cc3CO)c(CO)c2)[nH]1. The topological polar surface area (TPSA) is 135 Å². The maximum atomic E-state index is 12.8. The molecule has 1 aromatic heterocycles. The Morgan fingerprint density at radius 1 is 1.02 bits per heavy atom. The van der Waals surface area contributed by atoms with Gasteiger partial charge in [0.2, 0.25) is 0 Å². The molecule has 3 aromatic rings. The zero-order chi connectivity index (χ0) is 30.1. The van der Waals surface area contributed by atoms with E-state index in [4.69, 9.17) is 9.73 Å². The van der Waals surface area contributed by atoms with E-state index in [1.807, 2.05) is 57.2 Å². The average molecular weight is 585 g/mol. The van der Waals surface area contributed by atoms with Crippen LogP contribution in [0.1, 0.15) is 75.0 Å². The Balaban J connectivity index is 1.23. The van der Waals surface area contributed by atoms with E-state index in [0.29, 0.717) is 13.1 Å². The molecular formula is C33H40N6O4. The summed E-state index contributed by atoms with van der Waals surface area (Å²) in [4.78, 5) is 32.0. The number of imidazole rings is 1. The average Bonchev–Trinajstić information content (AvgIpc) is 3.81. The minimum atomic E-state index is -0.563. The van der Waals surface area contributed by atoms with Crippen molar-refractivity contribution >= 4 is 17.6 Å². The molecule has 4 heterocycles. The van der Waals surface area contributed by atoms with Gasteiger partial charge in [0.1, 0.15) is 17.3 Å². The fourth-order valence-corrected chi connectivity index (χ4v) is 6.18. The molecule has 2 saturated heterocycles. The van der Waals surface area contributed by atoms with Gasteiger partial charge in [-0.3, -0.25) is 9.89 Å². The first-order valence-corrected chi connectivity index (χ1v) is 15.1. The van der Waals surface area contributed by atoms with Gasteiger partial charge in [0.15, 0.2) is 0 Å². The van der Waals surface area contributed by atoms with Gasteiger partial charge in [0.25, 0.3) is 0 Å². The van der Waals surface area contributed by atoms with Crippen molar-refractivity contribution in [2.45, 2.75) is 77.4 Å². The number of hydrogen-bond acceptors (Lipinski definition) is 8. The van der Waals surface area contributed by atoms with Crippen LogP contribution in [0.3, 0.4) is 0 Å². The number of carbonyl (C=O) groups excluding carboxylic acids is 1. The van der Waals surface area contributed by atoms with E-state index in [-0.39, 0.29) is 31.4 Å². The summed E-state index contributed by atoms with van der Waals surface area (Å²) < 4.78 is 5.62. The normalized spacial score (nSPS) is 20.4. The van der Waals surface area contributed by atoms with E-state index in [0.717, 1.165) is 88.7 Å². The molecule has 0 unspecified atom stereocenters. The summed E-state index contributed by atoms with van der Waals surface area (Å²) in [6.07, 6.45) is 5.33. The molecule has 2 atom stereocenters. The van der Waals surface area contributed by atoms with Gasteiger partial charge in [-0.15, -0.1) is 0 Å². The highest BCUT2D eigenvalue weighted by molar-refractivity contribution is 6.14. The molecule has 10 nitrogen and oxygen atoms in total. The van der Waals surface area contributed by atoms with Crippen molar-refractivity contribution in [2.75, 3.05) is 19.6 Å². The van der Waals surface area contributed by atoms with Crippen LogP contribution in [-0.2, 0) is 18.0 Å². The van der Waals surface area contributed by atoms with Crippen molar-refractivity contribution in [3.8, 4) is 22.4 Å². The number of benzene rings is 2.